The number of amides is 1. The smallest absolute Gasteiger partial charge is 0.261 e. The van der Waals surface area contributed by atoms with E-state index in [-0.39, 0.29) is 11.3 Å². The van der Waals surface area contributed by atoms with Crippen LogP contribution < -0.4 is 14.4 Å². The van der Waals surface area contributed by atoms with Crippen LogP contribution in [0.15, 0.2) is 54.9 Å². The summed E-state index contributed by atoms with van der Waals surface area (Å²) in [5.74, 6) is 1.33. The van der Waals surface area contributed by atoms with Crippen molar-refractivity contribution in [1.82, 2.24) is 14.7 Å². The summed E-state index contributed by atoms with van der Waals surface area (Å²) in [6.07, 6.45) is 5.41. The third-order valence-electron chi connectivity index (χ3n) is 6.98. The molecule has 0 bridgehead atoms. The van der Waals surface area contributed by atoms with E-state index in [9.17, 15) is 4.79 Å². The monoisotopic (exact) mass is 446 g/mol. The van der Waals surface area contributed by atoms with Crippen molar-refractivity contribution in [2.24, 2.45) is 7.05 Å². The summed E-state index contributed by atoms with van der Waals surface area (Å²) in [7, 11) is 5.65. The number of ether oxygens (including phenoxy) is 2. The van der Waals surface area contributed by atoms with Crippen molar-refractivity contribution in [3.8, 4) is 11.5 Å². The van der Waals surface area contributed by atoms with Gasteiger partial charge >= 0.3 is 0 Å². The molecule has 0 saturated carbocycles. The standard InChI is InChI=1S/C26H30N4O3/c1-28-11-9-26(10-12-28)18-30(25(31)20-15-27-29(2)16-20)22-14-24(23(32-3)13-21(22)26)33-17-19-7-5-4-6-8-19/h4-8,13-16H,9-12,17-18H2,1-3H3. The number of nitrogens with zero attached hydrogens (tertiary/aromatic N) is 4. The third-order valence-corrected chi connectivity index (χ3v) is 6.98. The van der Waals surface area contributed by atoms with Crippen molar-refractivity contribution < 1.29 is 14.3 Å². The summed E-state index contributed by atoms with van der Waals surface area (Å²) in [5, 5.41) is 4.20. The summed E-state index contributed by atoms with van der Waals surface area (Å²) < 4.78 is 13.6. The van der Waals surface area contributed by atoms with Crippen LogP contribution in [0.25, 0.3) is 0 Å². The molecule has 7 nitrogen and oxygen atoms in total. The SMILES string of the molecule is COc1cc2c(cc1OCc1ccccc1)N(C(=O)c1cnn(C)c1)CC21CCN(C)CC1. The van der Waals surface area contributed by atoms with E-state index in [1.807, 2.05) is 48.3 Å². The maximum absolute atomic E-state index is 13.5. The van der Waals surface area contributed by atoms with Gasteiger partial charge in [0, 0.05) is 31.3 Å². The van der Waals surface area contributed by atoms with Gasteiger partial charge in [0.25, 0.3) is 5.91 Å². The van der Waals surface area contributed by atoms with E-state index < -0.39 is 0 Å². The number of hydrogen-bond donors (Lipinski definition) is 0. The van der Waals surface area contributed by atoms with E-state index in [0.717, 1.165) is 37.2 Å². The Morgan fingerprint density at radius 3 is 2.52 bits per heavy atom. The molecule has 2 aliphatic heterocycles. The molecule has 172 valence electrons. The number of rotatable bonds is 5. The molecule has 0 unspecified atom stereocenters. The maximum Gasteiger partial charge on any atom is 0.261 e. The molecule has 2 aliphatic rings. The molecule has 0 aliphatic carbocycles. The minimum Gasteiger partial charge on any atom is -0.493 e. The van der Waals surface area contributed by atoms with Crippen molar-refractivity contribution in [3.63, 3.8) is 0 Å². The molecule has 1 fully saturated rings. The van der Waals surface area contributed by atoms with Crippen molar-refractivity contribution in [2.75, 3.05) is 38.7 Å². The number of methoxy groups -OCH3 is 1. The topological polar surface area (TPSA) is 59.8 Å². The fourth-order valence-electron chi connectivity index (χ4n) is 5.02. The van der Waals surface area contributed by atoms with Crippen LogP contribution in [0.4, 0.5) is 5.69 Å². The first-order valence-corrected chi connectivity index (χ1v) is 11.4. The second-order valence-electron chi connectivity index (χ2n) is 9.17. The van der Waals surface area contributed by atoms with E-state index in [4.69, 9.17) is 9.47 Å². The van der Waals surface area contributed by atoms with Crippen LogP contribution >= 0.6 is 0 Å². The summed E-state index contributed by atoms with van der Waals surface area (Å²) >= 11 is 0. The van der Waals surface area contributed by atoms with Crippen LogP contribution in [0.5, 0.6) is 11.5 Å². The molecule has 0 radical (unpaired) electrons. The highest BCUT2D eigenvalue weighted by atomic mass is 16.5. The number of aromatic nitrogens is 2. The molecular weight excluding hydrogens is 416 g/mol. The third kappa shape index (κ3) is 3.97. The quantitative estimate of drug-likeness (QED) is 0.599. The molecule has 33 heavy (non-hydrogen) atoms. The Morgan fingerprint density at radius 2 is 1.85 bits per heavy atom. The van der Waals surface area contributed by atoms with Gasteiger partial charge in [0.05, 0.1) is 24.6 Å². The average molecular weight is 447 g/mol. The number of piperidine rings is 1. The summed E-state index contributed by atoms with van der Waals surface area (Å²) in [6, 6.07) is 14.1. The van der Waals surface area contributed by atoms with Gasteiger partial charge in [0.2, 0.25) is 0 Å². The van der Waals surface area contributed by atoms with Crippen molar-refractivity contribution in [1.29, 1.82) is 0 Å². The van der Waals surface area contributed by atoms with Crippen LogP contribution in [0.1, 0.15) is 34.3 Å². The minimum atomic E-state index is -0.0784. The van der Waals surface area contributed by atoms with Crippen molar-refractivity contribution >= 4 is 11.6 Å². The molecule has 2 aromatic carbocycles. The van der Waals surface area contributed by atoms with E-state index in [1.165, 1.54) is 5.56 Å². The second-order valence-corrected chi connectivity index (χ2v) is 9.17. The lowest BCUT2D eigenvalue weighted by Crippen LogP contribution is -2.44. The molecule has 3 heterocycles. The van der Waals surface area contributed by atoms with E-state index in [2.05, 4.69) is 23.1 Å². The van der Waals surface area contributed by atoms with Crippen LogP contribution in [-0.2, 0) is 19.1 Å². The number of benzene rings is 2. The molecule has 1 amide bonds. The number of anilines is 1. The zero-order valence-electron chi connectivity index (χ0n) is 19.5. The first-order chi connectivity index (χ1) is 16.0. The number of likely N-dealkylation sites (tertiary alicyclic amines) is 1. The van der Waals surface area contributed by atoms with Crippen LogP contribution in [0.2, 0.25) is 0 Å². The number of carbonyl (C=O) groups excluding carboxylic acids is 1. The predicted octanol–water partition coefficient (Wildman–Crippen LogP) is 3.63. The minimum absolute atomic E-state index is 0.0284. The maximum atomic E-state index is 13.5. The van der Waals surface area contributed by atoms with E-state index in [1.54, 1.807) is 24.2 Å². The Labute approximate surface area is 194 Å². The Balaban J connectivity index is 1.54. The number of hydrogen-bond acceptors (Lipinski definition) is 5. The van der Waals surface area contributed by atoms with E-state index >= 15 is 0 Å². The number of fused-ring (bicyclic) bond motifs is 2. The Morgan fingerprint density at radius 1 is 1.09 bits per heavy atom. The molecule has 0 atom stereocenters. The molecule has 0 N–H and O–H groups in total. The summed E-state index contributed by atoms with van der Waals surface area (Å²) in [4.78, 5) is 17.8. The van der Waals surface area contributed by atoms with Gasteiger partial charge < -0.3 is 19.3 Å². The molecule has 7 heteroatoms. The van der Waals surface area contributed by atoms with Crippen molar-refractivity contribution in [2.45, 2.75) is 24.9 Å². The van der Waals surface area contributed by atoms with Gasteiger partial charge in [0.15, 0.2) is 11.5 Å². The zero-order valence-corrected chi connectivity index (χ0v) is 19.5. The van der Waals surface area contributed by atoms with Crippen molar-refractivity contribution in [3.05, 3.63) is 71.5 Å². The molecule has 1 saturated heterocycles. The van der Waals surface area contributed by atoms with Crippen LogP contribution in [-0.4, -0.2) is 54.4 Å². The number of carbonyl (C=O) groups is 1. The average Bonchev–Trinajstić information content (AvgIpc) is 3.41. The fraction of sp³-hybridized carbons (Fsp3) is 0.385. The van der Waals surface area contributed by atoms with Crippen LogP contribution in [0.3, 0.4) is 0 Å². The molecular formula is C26H30N4O3. The molecule has 1 aromatic heterocycles. The highest BCUT2D eigenvalue weighted by molar-refractivity contribution is 6.07. The summed E-state index contributed by atoms with van der Waals surface area (Å²) in [5.41, 5.74) is 3.69. The lowest BCUT2D eigenvalue weighted by molar-refractivity contribution is 0.0979. The second kappa shape index (κ2) is 8.56. The molecule has 3 aromatic rings. The van der Waals surface area contributed by atoms with Gasteiger partial charge in [-0.1, -0.05) is 30.3 Å². The van der Waals surface area contributed by atoms with Gasteiger partial charge in [-0.3, -0.25) is 9.48 Å². The van der Waals surface area contributed by atoms with Gasteiger partial charge in [-0.25, -0.2) is 0 Å². The largest absolute Gasteiger partial charge is 0.493 e. The predicted molar refractivity (Wildman–Crippen MR) is 127 cm³/mol. The van der Waals surface area contributed by atoms with Gasteiger partial charge in [0.1, 0.15) is 6.61 Å². The highest BCUT2D eigenvalue weighted by Crippen LogP contribution is 2.51. The fourth-order valence-corrected chi connectivity index (χ4v) is 5.02. The Bertz CT molecular complexity index is 1150. The lowest BCUT2D eigenvalue weighted by atomic mass is 9.74. The molecule has 5 rings (SSSR count). The zero-order chi connectivity index (χ0) is 23.0. The lowest BCUT2D eigenvalue weighted by Gasteiger charge is -2.38. The Kier molecular flexibility index (Phi) is 5.58. The first-order valence-electron chi connectivity index (χ1n) is 11.4. The molecule has 1 spiro atoms. The van der Waals surface area contributed by atoms with Gasteiger partial charge in [-0.2, -0.15) is 5.10 Å². The highest BCUT2D eigenvalue weighted by Gasteiger charge is 2.47. The number of aryl methyl sites for hydroxylation is 1. The summed E-state index contributed by atoms with van der Waals surface area (Å²) in [6.45, 7) is 3.10. The van der Waals surface area contributed by atoms with Gasteiger partial charge in [-0.15, -0.1) is 0 Å². The van der Waals surface area contributed by atoms with Gasteiger partial charge in [-0.05, 0) is 50.2 Å². The van der Waals surface area contributed by atoms with E-state index in [0.29, 0.717) is 30.2 Å². The van der Waals surface area contributed by atoms with Crippen LogP contribution in [0, 0.1) is 0 Å². The Hall–Kier alpha value is -3.32. The normalized spacial score (nSPS) is 17.2. The first kappa shape index (κ1) is 21.5.